The van der Waals surface area contributed by atoms with Crippen molar-refractivity contribution in [2.75, 3.05) is 56.9 Å². The second kappa shape index (κ2) is 17.1. The Hall–Kier alpha value is -5.54. The SMILES string of the molecule is COC(=O)CCc1cc(OC)c(OC(=O)OC)c(-c2c(OC(=O)OC)c(OC)cc(CCC(=O)OC)c2C(=O)OC)c1C(=O)OC. The van der Waals surface area contributed by atoms with Gasteiger partial charge in [-0.05, 0) is 36.1 Å². The van der Waals surface area contributed by atoms with Gasteiger partial charge in [-0.1, -0.05) is 0 Å². The molecule has 46 heavy (non-hydrogen) atoms. The molecule has 0 bridgehead atoms. The van der Waals surface area contributed by atoms with Gasteiger partial charge >= 0.3 is 36.2 Å². The van der Waals surface area contributed by atoms with Crippen LogP contribution in [0.2, 0.25) is 0 Å². The minimum atomic E-state index is -1.28. The summed E-state index contributed by atoms with van der Waals surface area (Å²) in [5.74, 6) is -4.71. The summed E-state index contributed by atoms with van der Waals surface area (Å²) in [7, 11) is 8.92. The second-order valence-corrected chi connectivity index (χ2v) is 8.88. The summed E-state index contributed by atoms with van der Waals surface area (Å²) >= 11 is 0. The lowest BCUT2D eigenvalue weighted by Crippen LogP contribution is -2.19. The van der Waals surface area contributed by atoms with Crippen LogP contribution in [-0.2, 0) is 50.9 Å². The third-order valence-electron chi connectivity index (χ3n) is 6.48. The maximum Gasteiger partial charge on any atom is 0.513 e. The van der Waals surface area contributed by atoms with E-state index in [0.717, 1.165) is 28.4 Å². The van der Waals surface area contributed by atoms with Crippen LogP contribution in [0.3, 0.4) is 0 Å². The number of carbonyl (C=O) groups is 6. The van der Waals surface area contributed by atoms with Crippen LogP contribution in [0.5, 0.6) is 23.0 Å². The third-order valence-corrected chi connectivity index (χ3v) is 6.48. The first-order valence-corrected chi connectivity index (χ1v) is 13.3. The fourth-order valence-electron chi connectivity index (χ4n) is 4.36. The number of ether oxygens (including phenoxy) is 10. The van der Waals surface area contributed by atoms with Gasteiger partial charge in [-0.3, -0.25) is 9.59 Å². The van der Waals surface area contributed by atoms with Crippen molar-refractivity contribution >= 4 is 36.2 Å². The quantitative estimate of drug-likeness (QED) is 0.174. The zero-order valence-corrected chi connectivity index (χ0v) is 26.5. The van der Waals surface area contributed by atoms with Crippen LogP contribution in [-0.4, -0.2) is 93.1 Å². The summed E-state index contributed by atoms with van der Waals surface area (Å²) in [4.78, 5) is 76.5. The molecule has 0 aliphatic carbocycles. The Balaban J connectivity index is 3.40. The molecule has 16 nitrogen and oxygen atoms in total. The van der Waals surface area contributed by atoms with Gasteiger partial charge in [-0.25, -0.2) is 19.2 Å². The zero-order chi connectivity index (χ0) is 34.6. The summed E-state index contributed by atoms with van der Waals surface area (Å²) in [6.45, 7) is 0. The Labute approximate surface area is 263 Å². The van der Waals surface area contributed by atoms with Crippen LogP contribution >= 0.6 is 0 Å². The van der Waals surface area contributed by atoms with Crippen LogP contribution in [0.1, 0.15) is 44.7 Å². The Morgan fingerprint density at radius 3 is 1.11 bits per heavy atom. The van der Waals surface area contributed by atoms with E-state index in [1.165, 1.54) is 40.6 Å². The lowest BCUT2D eigenvalue weighted by atomic mass is 9.85. The van der Waals surface area contributed by atoms with E-state index in [9.17, 15) is 28.8 Å². The molecule has 0 radical (unpaired) electrons. The largest absolute Gasteiger partial charge is 0.513 e. The highest BCUT2D eigenvalue weighted by Gasteiger charge is 2.36. The first-order chi connectivity index (χ1) is 22.0. The molecule has 0 amide bonds. The molecule has 0 aliphatic heterocycles. The van der Waals surface area contributed by atoms with Crippen molar-refractivity contribution in [1.29, 1.82) is 0 Å². The zero-order valence-electron chi connectivity index (χ0n) is 26.5. The van der Waals surface area contributed by atoms with Gasteiger partial charge in [0.05, 0.1) is 68.0 Å². The van der Waals surface area contributed by atoms with Crippen molar-refractivity contribution in [1.82, 2.24) is 0 Å². The first kappa shape index (κ1) is 36.7. The normalized spacial score (nSPS) is 10.2. The highest BCUT2D eigenvalue weighted by atomic mass is 16.7. The molecule has 0 aromatic heterocycles. The van der Waals surface area contributed by atoms with E-state index in [1.54, 1.807) is 0 Å². The standard InChI is InChI=1S/C30H34O16/c1-37-17-13-15(9-11-19(31)39-3)21(27(33)41-5)23(25(17)45-29(35)43-7)24-22(28(34)42-6)16(10-12-20(32)40-4)14-18(38-2)26(24)46-30(36)44-8/h13-14H,9-12H2,1-8H3. The van der Waals surface area contributed by atoms with E-state index in [-0.39, 0.29) is 59.4 Å². The molecule has 2 aromatic rings. The van der Waals surface area contributed by atoms with Crippen LogP contribution in [0.15, 0.2) is 12.1 Å². The molecule has 0 spiro atoms. The number of rotatable bonds is 13. The predicted octanol–water partition coefficient (Wildman–Crippen LogP) is 3.45. The molecule has 250 valence electrons. The molecule has 0 fully saturated rings. The van der Waals surface area contributed by atoms with Crippen LogP contribution in [0, 0.1) is 0 Å². The van der Waals surface area contributed by atoms with Crippen molar-refractivity contribution in [3.05, 3.63) is 34.4 Å². The van der Waals surface area contributed by atoms with Gasteiger partial charge in [-0.2, -0.15) is 0 Å². The lowest BCUT2D eigenvalue weighted by molar-refractivity contribution is -0.141. The molecule has 0 unspecified atom stereocenters. The molecule has 0 aliphatic rings. The molecule has 0 saturated heterocycles. The average Bonchev–Trinajstić information content (AvgIpc) is 3.08. The third kappa shape index (κ3) is 8.34. The van der Waals surface area contributed by atoms with Crippen molar-refractivity contribution in [2.24, 2.45) is 0 Å². The summed E-state index contributed by atoms with van der Waals surface area (Å²) in [6.07, 6.45) is -3.34. The molecule has 2 aromatic carbocycles. The Morgan fingerprint density at radius 2 is 0.848 bits per heavy atom. The molecular weight excluding hydrogens is 616 g/mol. The smallest absolute Gasteiger partial charge is 0.493 e. The van der Waals surface area contributed by atoms with Gasteiger partial charge in [0.15, 0.2) is 23.0 Å². The Morgan fingerprint density at radius 1 is 0.500 bits per heavy atom. The fourth-order valence-corrected chi connectivity index (χ4v) is 4.36. The predicted molar refractivity (Wildman–Crippen MR) is 154 cm³/mol. The monoisotopic (exact) mass is 650 g/mol. The van der Waals surface area contributed by atoms with Gasteiger partial charge in [0.1, 0.15) is 0 Å². The average molecular weight is 651 g/mol. The van der Waals surface area contributed by atoms with Gasteiger partial charge in [0, 0.05) is 24.0 Å². The van der Waals surface area contributed by atoms with Crippen LogP contribution < -0.4 is 18.9 Å². The Kier molecular flexibility index (Phi) is 13.6. The van der Waals surface area contributed by atoms with E-state index in [4.69, 9.17) is 37.9 Å². The van der Waals surface area contributed by atoms with E-state index in [0.29, 0.717) is 0 Å². The lowest BCUT2D eigenvalue weighted by Gasteiger charge is -2.24. The summed E-state index contributed by atoms with van der Waals surface area (Å²) < 4.78 is 50.9. The van der Waals surface area contributed by atoms with Gasteiger partial charge in [-0.15, -0.1) is 0 Å². The van der Waals surface area contributed by atoms with Crippen molar-refractivity contribution in [3.63, 3.8) is 0 Å². The van der Waals surface area contributed by atoms with E-state index < -0.39 is 58.8 Å². The van der Waals surface area contributed by atoms with Crippen LogP contribution in [0.4, 0.5) is 9.59 Å². The summed E-state index contributed by atoms with van der Waals surface area (Å²) in [5.41, 5.74) is -1.29. The molecule has 2 rings (SSSR count). The maximum atomic E-state index is 13.6. The number of hydrogen-bond donors (Lipinski definition) is 0. The first-order valence-electron chi connectivity index (χ1n) is 13.3. The fraction of sp³-hybridized carbons (Fsp3) is 0.400. The summed E-state index contributed by atoms with van der Waals surface area (Å²) in [5, 5.41) is 0. The van der Waals surface area contributed by atoms with Gasteiger partial charge in [0.2, 0.25) is 0 Å². The van der Waals surface area contributed by atoms with E-state index in [2.05, 4.69) is 9.47 Å². The van der Waals surface area contributed by atoms with Crippen molar-refractivity contribution in [3.8, 4) is 34.1 Å². The minimum absolute atomic E-state index is 0.0973. The Bertz CT molecular complexity index is 1380. The number of esters is 4. The molecular formula is C30H34O16. The molecule has 16 heteroatoms. The molecule has 0 atom stereocenters. The van der Waals surface area contributed by atoms with Crippen molar-refractivity contribution < 1.29 is 76.1 Å². The van der Waals surface area contributed by atoms with Crippen LogP contribution in [0.25, 0.3) is 11.1 Å². The number of benzene rings is 2. The number of aryl methyl sites for hydroxylation is 2. The topological polar surface area (TPSA) is 195 Å². The maximum absolute atomic E-state index is 13.6. The van der Waals surface area contributed by atoms with E-state index >= 15 is 0 Å². The highest BCUT2D eigenvalue weighted by molar-refractivity contribution is 6.09. The second-order valence-electron chi connectivity index (χ2n) is 8.88. The summed E-state index contributed by atoms with van der Waals surface area (Å²) in [6, 6.07) is 2.60. The molecule has 0 heterocycles. The number of hydrogen-bond acceptors (Lipinski definition) is 16. The number of methoxy groups -OCH3 is 8. The van der Waals surface area contributed by atoms with E-state index in [1.807, 2.05) is 0 Å². The minimum Gasteiger partial charge on any atom is -0.493 e. The number of carbonyl (C=O) groups excluding carboxylic acids is 6. The molecule has 0 saturated carbocycles. The highest BCUT2D eigenvalue weighted by Crippen LogP contribution is 2.52. The van der Waals surface area contributed by atoms with Gasteiger partial charge in [0.25, 0.3) is 0 Å². The molecule has 0 N–H and O–H groups in total. The van der Waals surface area contributed by atoms with Gasteiger partial charge < -0.3 is 47.4 Å². The van der Waals surface area contributed by atoms with Crippen molar-refractivity contribution in [2.45, 2.75) is 25.7 Å².